The minimum Gasteiger partial charge on any atom is -0.354 e. The maximum Gasteiger partial charge on any atom is 0.263 e. The lowest BCUT2D eigenvalue weighted by atomic mass is 9.86. The molecule has 0 unspecified atom stereocenters. The van der Waals surface area contributed by atoms with Crippen molar-refractivity contribution in [2.45, 2.75) is 71.1 Å². The molecule has 41 heavy (non-hydrogen) atoms. The summed E-state index contributed by atoms with van der Waals surface area (Å²) in [5.74, 6) is 2.10. The van der Waals surface area contributed by atoms with Gasteiger partial charge < -0.3 is 14.3 Å². The van der Waals surface area contributed by atoms with Crippen molar-refractivity contribution in [1.29, 1.82) is 0 Å². The molecule has 1 aliphatic carbocycles. The molecule has 4 aromatic rings. The van der Waals surface area contributed by atoms with Crippen molar-refractivity contribution in [3.8, 4) is 11.3 Å². The third-order valence-electron chi connectivity index (χ3n) is 8.65. The van der Waals surface area contributed by atoms with Crippen molar-refractivity contribution in [2.75, 3.05) is 31.1 Å². The first-order chi connectivity index (χ1) is 19.9. The zero-order chi connectivity index (χ0) is 28.4. The van der Waals surface area contributed by atoms with Crippen molar-refractivity contribution in [3.05, 3.63) is 71.5 Å². The van der Waals surface area contributed by atoms with Gasteiger partial charge in [-0.25, -0.2) is 4.98 Å². The zero-order valence-corrected chi connectivity index (χ0v) is 24.6. The van der Waals surface area contributed by atoms with Crippen LogP contribution < -0.4 is 4.90 Å². The molecule has 0 bridgehead atoms. The summed E-state index contributed by atoms with van der Waals surface area (Å²) in [6.45, 7) is 9.69. The standard InChI is InChI=1S/C34H41N5O2/c1-34(2,3)27-17-15-25(16-18-27)30-29-31(35-28(36-32(29)41-37-30)23-24-11-6-4-7-12-24)38-19-10-20-39(22-21-38)33(40)26-13-8-5-9-14-26/h4,6-7,11-12,15-18,26H,5,8-10,13-14,19-23H2,1-3H3. The lowest BCUT2D eigenvalue weighted by Crippen LogP contribution is -2.39. The highest BCUT2D eigenvalue weighted by molar-refractivity contribution is 5.98. The number of nitrogens with zero attached hydrogens (tertiary/aromatic N) is 5. The van der Waals surface area contributed by atoms with Crippen molar-refractivity contribution in [1.82, 2.24) is 20.0 Å². The molecular weight excluding hydrogens is 510 g/mol. The number of fused-ring (bicyclic) bond motifs is 1. The van der Waals surface area contributed by atoms with Crippen molar-refractivity contribution in [2.24, 2.45) is 5.92 Å². The van der Waals surface area contributed by atoms with E-state index in [-0.39, 0.29) is 11.3 Å². The zero-order valence-electron chi connectivity index (χ0n) is 24.6. The van der Waals surface area contributed by atoms with E-state index in [1.807, 2.05) is 18.2 Å². The number of carbonyl (C=O) groups is 1. The lowest BCUT2D eigenvalue weighted by molar-refractivity contribution is -0.136. The molecule has 2 aliphatic rings. The van der Waals surface area contributed by atoms with Crippen LogP contribution in [0.15, 0.2) is 59.1 Å². The lowest BCUT2D eigenvalue weighted by Gasteiger charge is -2.28. The van der Waals surface area contributed by atoms with Gasteiger partial charge in [0.15, 0.2) is 0 Å². The molecule has 1 aliphatic heterocycles. The Morgan fingerprint density at radius 3 is 2.37 bits per heavy atom. The first-order valence-electron chi connectivity index (χ1n) is 15.2. The molecule has 2 fully saturated rings. The van der Waals surface area contributed by atoms with Crippen LogP contribution in [0.3, 0.4) is 0 Å². The number of rotatable bonds is 5. The smallest absolute Gasteiger partial charge is 0.263 e. The van der Waals surface area contributed by atoms with Gasteiger partial charge in [-0.15, -0.1) is 0 Å². The van der Waals surface area contributed by atoms with Gasteiger partial charge >= 0.3 is 0 Å². The molecule has 2 aromatic heterocycles. The van der Waals surface area contributed by atoms with Crippen LogP contribution in [0, 0.1) is 5.92 Å². The van der Waals surface area contributed by atoms with E-state index in [0.29, 0.717) is 30.4 Å². The van der Waals surface area contributed by atoms with Gasteiger partial charge in [0, 0.05) is 44.1 Å². The molecule has 214 valence electrons. The first kappa shape index (κ1) is 27.4. The van der Waals surface area contributed by atoms with Gasteiger partial charge in [0.05, 0.1) is 0 Å². The normalized spacial score (nSPS) is 17.1. The van der Waals surface area contributed by atoms with Crippen LogP contribution >= 0.6 is 0 Å². The average Bonchev–Trinajstić information content (AvgIpc) is 3.26. The van der Waals surface area contributed by atoms with Crippen LogP contribution in [0.2, 0.25) is 0 Å². The fourth-order valence-electron chi connectivity index (χ4n) is 6.25. The van der Waals surface area contributed by atoms with Crippen LogP contribution in [-0.4, -0.2) is 52.1 Å². The number of benzene rings is 2. The highest BCUT2D eigenvalue weighted by Gasteiger charge is 2.29. The number of hydrogen-bond donors (Lipinski definition) is 0. The van der Waals surface area contributed by atoms with Gasteiger partial charge in [0.1, 0.15) is 22.7 Å². The Morgan fingerprint density at radius 1 is 0.878 bits per heavy atom. The summed E-state index contributed by atoms with van der Waals surface area (Å²) in [5, 5.41) is 5.36. The third kappa shape index (κ3) is 5.99. The Kier molecular flexibility index (Phi) is 7.78. The number of carbonyl (C=O) groups excluding carboxylic acids is 1. The summed E-state index contributed by atoms with van der Waals surface area (Å²) < 4.78 is 5.89. The summed E-state index contributed by atoms with van der Waals surface area (Å²) in [6, 6.07) is 18.8. The largest absolute Gasteiger partial charge is 0.354 e. The van der Waals surface area contributed by atoms with Gasteiger partial charge in [0.25, 0.3) is 5.71 Å². The maximum atomic E-state index is 13.4. The first-order valence-corrected chi connectivity index (χ1v) is 15.2. The number of hydrogen-bond acceptors (Lipinski definition) is 6. The molecule has 7 nitrogen and oxygen atoms in total. The van der Waals surface area contributed by atoms with E-state index >= 15 is 0 Å². The number of anilines is 1. The molecule has 7 heteroatoms. The molecule has 1 saturated heterocycles. The molecular formula is C34H41N5O2. The monoisotopic (exact) mass is 551 g/mol. The van der Waals surface area contributed by atoms with Crippen LogP contribution in [-0.2, 0) is 16.6 Å². The predicted octanol–water partition coefficient (Wildman–Crippen LogP) is 6.79. The van der Waals surface area contributed by atoms with E-state index in [9.17, 15) is 4.79 Å². The highest BCUT2D eigenvalue weighted by atomic mass is 16.5. The van der Waals surface area contributed by atoms with E-state index in [1.165, 1.54) is 24.8 Å². The fourth-order valence-corrected chi connectivity index (χ4v) is 6.25. The van der Waals surface area contributed by atoms with Crippen LogP contribution in [0.5, 0.6) is 0 Å². The van der Waals surface area contributed by atoms with E-state index < -0.39 is 0 Å². The van der Waals surface area contributed by atoms with Gasteiger partial charge in [0.2, 0.25) is 5.91 Å². The molecule has 0 spiro atoms. The Bertz CT molecular complexity index is 1480. The molecule has 2 aromatic carbocycles. The molecule has 0 atom stereocenters. The number of aromatic nitrogens is 3. The predicted molar refractivity (Wildman–Crippen MR) is 163 cm³/mol. The van der Waals surface area contributed by atoms with Gasteiger partial charge in [-0.1, -0.05) is 99.8 Å². The molecule has 6 rings (SSSR count). The summed E-state index contributed by atoms with van der Waals surface area (Å²) in [7, 11) is 0. The Morgan fingerprint density at radius 2 is 1.63 bits per heavy atom. The van der Waals surface area contributed by atoms with E-state index in [2.05, 4.69) is 72.1 Å². The van der Waals surface area contributed by atoms with Crippen molar-refractivity contribution < 1.29 is 9.32 Å². The molecule has 3 heterocycles. The summed E-state index contributed by atoms with van der Waals surface area (Å²) in [5.41, 5.74) is 4.75. The molecule has 0 radical (unpaired) electrons. The summed E-state index contributed by atoms with van der Waals surface area (Å²) >= 11 is 0. The second-order valence-electron chi connectivity index (χ2n) is 12.7. The van der Waals surface area contributed by atoms with E-state index in [4.69, 9.17) is 14.5 Å². The van der Waals surface area contributed by atoms with Gasteiger partial charge in [-0.2, -0.15) is 4.98 Å². The summed E-state index contributed by atoms with van der Waals surface area (Å²) in [4.78, 5) is 27.8. The van der Waals surface area contributed by atoms with Crippen molar-refractivity contribution in [3.63, 3.8) is 0 Å². The van der Waals surface area contributed by atoms with Gasteiger partial charge in [-0.05, 0) is 35.8 Å². The maximum absolute atomic E-state index is 13.4. The van der Waals surface area contributed by atoms with E-state index in [0.717, 1.165) is 66.9 Å². The van der Waals surface area contributed by atoms with Crippen molar-refractivity contribution >= 4 is 22.8 Å². The Labute approximate surface area is 243 Å². The minimum atomic E-state index is 0.0675. The highest BCUT2D eigenvalue weighted by Crippen LogP contribution is 2.36. The summed E-state index contributed by atoms with van der Waals surface area (Å²) in [6.07, 6.45) is 7.18. The topological polar surface area (TPSA) is 75.4 Å². The Hall–Kier alpha value is -3.74. The second kappa shape index (κ2) is 11.6. The number of amides is 1. The minimum absolute atomic E-state index is 0.0675. The Balaban J connectivity index is 1.35. The second-order valence-corrected chi connectivity index (χ2v) is 12.7. The fraction of sp³-hybridized carbons (Fsp3) is 0.471. The quantitative estimate of drug-likeness (QED) is 0.272. The van der Waals surface area contributed by atoms with Crippen LogP contribution in [0.1, 0.15) is 76.2 Å². The third-order valence-corrected chi connectivity index (χ3v) is 8.65. The van der Waals surface area contributed by atoms with Crippen LogP contribution in [0.25, 0.3) is 22.4 Å². The SMILES string of the molecule is CC(C)(C)c1ccc(-c2noc3nc(Cc4ccccc4)nc(N4CCCN(C(=O)C5CCCCC5)CC4)c23)cc1. The molecule has 1 saturated carbocycles. The van der Waals surface area contributed by atoms with Gasteiger partial charge in [-0.3, -0.25) is 4.79 Å². The average molecular weight is 552 g/mol. The molecule has 1 amide bonds. The van der Waals surface area contributed by atoms with Crippen LogP contribution in [0.4, 0.5) is 5.82 Å². The molecule has 0 N–H and O–H groups in total. The van der Waals surface area contributed by atoms with E-state index in [1.54, 1.807) is 0 Å².